The van der Waals surface area contributed by atoms with Crippen molar-refractivity contribution in [2.24, 2.45) is 4.99 Å². The average Bonchev–Trinajstić information content (AvgIpc) is 3.32. The van der Waals surface area contributed by atoms with Crippen LogP contribution < -0.4 is 4.80 Å². The minimum atomic E-state index is -0.648. The number of esters is 1. The number of rotatable bonds is 6. The molecule has 27 heavy (non-hydrogen) atoms. The average molecular weight is 403 g/mol. The molecule has 2 aromatic heterocycles. The number of halogens is 1. The van der Waals surface area contributed by atoms with Gasteiger partial charge in [0.2, 0.25) is 0 Å². The summed E-state index contributed by atoms with van der Waals surface area (Å²) in [4.78, 5) is 28.1. The lowest BCUT2D eigenvalue weighted by Gasteiger charge is -2.05. The van der Waals surface area contributed by atoms with Crippen LogP contribution in [0.5, 0.6) is 0 Å². The van der Waals surface area contributed by atoms with E-state index < -0.39 is 18.5 Å². The van der Waals surface area contributed by atoms with Crippen LogP contribution in [0, 0.1) is 0 Å². The number of thiazole rings is 1. The number of furan rings is 1. The molecule has 0 aliphatic rings. The molecule has 1 aromatic carbocycles. The number of benzene rings is 1. The Morgan fingerprint density at radius 1 is 1.26 bits per heavy atom. The molecule has 0 spiro atoms. The lowest BCUT2D eigenvalue weighted by atomic mass is 10.2. The molecule has 0 bridgehead atoms. The Morgan fingerprint density at radius 3 is 2.89 bits per heavy atom. The zero-order chi connectivity index (χ0) is 19.1. The van der Waals surface area contributed by atoms with Crippen LogP contribution in [0.15, 0.2) is 69.7 Å². The monoisotopic (exact) mass is 402 g/mol. The van der Waals surface area contributed by atoms with Crippen molar-refractivity contribution >= 4 is 40.9 Å². The predicted molar refractivity (Wildman–Crippen MR) is 102 cm³/mol. The van der Waals surface area contributed by atoms with Gasteiger partial charge < -0.3 is 13.7 Å². The lowest BCUT2D eigenvalue weighted by molar-refractivity contribution is -0.142. The molecule has 6 nitrogen and oxygen atoms in total. The summed E-state index contributed by atoms with van der Waals surface area (Å²) in [7, 11) is 0. The van der Waals surface area contributed by atoms with Crippen molar-refractivity contribution in [1.29, 1.82) is 0 Å². The summed E-state index contributed by atoms with van der Waals surface area (Å²) >= 11 is 7.48. The fraction of sp³-hybridized carbons (Fsp3) is 0.105. The van der Waals surface area contributed by atoms with E-state index in [9.17, 15) is 9.59 Å². The van der Waals surface area contributed by atoms with Gasteiger partial charge in [0.15, 0.2) is 11.4 Å². The van der Waals surface area contributed by atoms with Gasteiger partial charge in [-0.15, -0.1) is 11.3 Å². The van der Waals surface area contributed by atoms with Crippen LogP contribution in [-0.2, 0) is 20.9 Å². The summed E-state index contributed by atoms with van der Waals surface area (Å²) < 4.78 is 11.8. The highest BCUT2D eigenvalue weighted by Crippen LogP contribution is 2.15. The highest BCUT2D eigenvalue weighted by atomic mass is 35.5. The van der Waals surface area contributed by atoms with Crippen LogP contribution in [0.4, 0.5) is 0 Å². The molecule has 0 unspecified atom stereocenters. The summed E-state index contributed by atoms with van der Waals surface area (Å²) in [6.45, 7) is 0.0479. The number of nitrogens with zero attached hydrogens (tertiary/aromatic N) is 2. The molecule has 0 aliphatic heterocycles. The zero-order valence-corrected chi connectivity index (χ0v) is 15.7. The van der Waals surface area contributed by atoms with Gasteiger partial charge in [0.25, 0.3) is 5.91 Å². The first-order valence-electron chi connectivity index (χ1n) is 7.95. The van der Waals surface area contributed by atoms with Crippen LogP contribution in [0.3, 0.4) is 0 Å². The van der Waals surface area contributed by atoms with E-state index in [0.29, 0.717) is 22.1 Å². The van der Waals surface area contributed by atoms with E-state index in [1.807, 2.05) is 40.4 Å². The summed E-state index contributed by atoms with van der Waals surface area (Å²) in [5.74, 6) is -0.683. The maximum absolute atomic E-state index is 12.0. The Balaban J connectivity index is 1.60. The second-order valence-electron chi connectivity index (χ2n) is 5.37. The Kier molecular flexibility index (Phi) is 6.40. The van der Waals surface area contributed by atoms with E-state index in [-0.39, 0.29) is 0 Å². The van der Waals surface area contributed by atoms with Gasteiger partial charge in [-0.2, -0.15) is 4.99 Å². The maximum atomic E-state index is 12.0. The molecule has 0 atom stereocenters. The maximum Gasteiger partial charge on any atom is 0.331 e. The molecule has 138 valence electrons. The minimum absolute atomic E-state index is 0.439. The number of aromatic nitrogens is 1. The summed E-state index contributed by atoms with van der Waals surface area (Å²) in [5, 5.41) is 2.46. The Morgan fingerprint density at radius 2 is 2.11 bits per heavy atom. The van der Waals surface area contributed by atoms with Gasteiger partial charge in [0.05, 0.1) is 12.8 Å². The molecule has 1 amide bonds. The number of amides is 1. The smallest absolute Gasteiger partial charge is 0.331 e. The van der Waals surface area contributed by atoms with E-state index in [1.165, 1.54) is 29.8 Å². The number of ether oxygens (including phenoxy) is 1. The van der Waals surface area contributed by atoms with E-state index in [4.69, 9.17) is 20.8 Å². The van der Waals surface area contributed by atoms with Gasteiger partial charge in [-0.1, -0.05) is 29.8 Å². The largest absolute Gasteiger partial charge is 0.465 e. The molecule has 0 aliphatic carbocycles. The fourth-order valence-electron chi connectivity index (χ4n) is 2.17. The molecule has 0 saturated heterocycles. The molecule has 0 saturated carbocycles. The molecule has 0 N–H and O–H groups in total. The molecular weight excluding hydrogens is 388 g/mol. The molecule has 8 heteroatoms. The first kappa shape index (κ1) is 18.9. The highest BCUT2D eigenvalue weighted by molar-refractivity contribution is 7.07. The van der Waals surface area contributed by atoms with Crippen LogP contribution in [0.1, 0.15) is 11.3 Å². The van der Waals surface area contributed by atoms with E-state index in [1.54, 1.807) is 12.1 Å². The predicted octanol–water partition coefficient (Wildman–Crippen LogP) is 3.53. The van der Waals surface area contributed by atoms with Crippen molar-refractivity contribution in [2.45, 2.75) is 6.54 Å². The Hall–Kier alpha value is -2.90. The van der Waals surface area contributed by atoms with E-state index in [2.05, 4.69) is 4.99 Å². The first-order valence-corrected chi connectivity index (χ1v) is 9.21. The topological polar surface area (TPSA) is 73.8 Å². The number of carbonyl (C=O) groups is 2. The normalized spacial score (nSPS) is 11.8. The summed E-state index contributed by atoms with van der Waals surface area (Å²) in [6, 6.07) is 10.9. The molecule has 3 rings (SSSR count). The third kappa shape index (κ3) is 5.54. The minimum Gasteiger partial charge on any atom is -0.465 e. The van der Waals surface area contributed by atoms with Crippen molar-refractivity contribution < 1.29 is 18.7 Å². The zero-order valence-electron chi connectivity index (χ0n) is 14.1. The first-order chi connectivity index (χ1) is 13.1. The van der Waals surface area contributed by atoms with Crippen molar-refractivity contribution in [3.63, 3.8) is 0 Å². The third-order valence-electron chi connectivity index (χ3n) is 3.44. The SMILES string of the molecule is O=C(COC(=O)/C=C/c1ccco1)N=c1sccn1Cc1ccccc1Cl. The Labute approximate surface area is 164 Å². The standard InChI is InChI=1S/C19H15ClN2O4S/c20-16-6-2-1-4-14(16)12-22-9-11-27-19(22)21-17(23)13-26-18(24)8-7-15-5-3-10-25-15/h1-11H,12-13H2/b8-7+,21-19?. The Bertz CT molecular complexity index is 1020. The van der Waals surface area contributed by atoms with Crippen LogP contribution in [0.25, 0.3) is 6.08 Å². The highest BCUT2D eigenvalue weighted by Gasteiger charge is 2.06. The molecule has 2 heterocycles. The van der Waals surface area contributed by atoms with Gasteiger partial charge in [-0.25, -0.2) is 4.79 Å². The van der Waals surface area contributed by atoms with Gasteiger partial charge in [-0.05, 0) is 29.8 Å². The lowest BCUT2D eigenvalue weighted by Crippen LogP contribution is -2.19. The van der Waals surface area contributed by atoms with Crippen molar-refractivity contribution in [3.8, 4) is 0 Å². The molecule has 0 radical (unpaired) electrons. The summed E-state index contributed by atoms with van der Waals surface area (Å²) in [6.07, 6.45) is 5.96. The van der Waals surface area contributed by atoms with Crippen LogP contribution >= 0.6 is 22.9 Å². The second kappa shape index (κ2) is 9.16. The molecule has 3 aromatic rings. The fourth-order valence-corrected chi connectivity index (χ4v) is 3.11. The van der Waals surface area contributed by atoms with Gasteiger partial charge in [0, 0.05) is 22.7 Å². The van der Waals surface area contributed by atoms with Crippen molar-refractivity contribution in [3.05, 3.63) is 81.5 Å². The molecular formula is C19H15ClN2O4S. The quantitative estimate of drug-likeness (QED) is 0.467. The van der Waals surface area contributed by atoms with Crippen molar-refractivity contribution in [2.75, 3.05) is 6.61 Å². The number of hydrogen-bond acceptors (Lipinski definition) is 5. The van der Waals surface area contributed by atoms with Gasteiger partial charge in [0.1, 0.15) is 5.76 Å². The van der Waals surface area contributed by atoms with E-state index in [0.717, 1.165) is 5.56 Å². The molecule has 0 fully saturated rings. The summed E-state index contributed by atoms with van der Waals surface area (Å²) in [5.41, 5.74) is 0.918. The van der Waals surface area contributed by atoms with Gasteiger partial charge >= 0.3 is 5.97 Å². The van der Waals surface area contributed by atoms with Crippen molar-refractivity contribution in [1.82, 2.24) is 4.57 Å². The third-order valence-corrected chi connectivity index (χ3v) is 4.61. The van der Waals surface area contributed by atoms with Crippen LogP contribution in [-0.4, -0.2) is 23.1 Å². The number of carbonyl (C=O) groups excluding carboxylic acids is 2. The second-order valence-corrected chi connectivity index (χ2v) is 6.65. The van der Waals surface area contributed by atoms with Gasteiger partial charge in [-0.3, -0.25) is 4.79 Å². The van der Waals surface area contributed by atoms with Crippen LogP contribution in [0.2, 0.25) is 5.02 Å². The number of hydrogen-bond donors (Lipinski definition) is 0. The van der Waals surface area contributed by atoms with E-state index >= 15 is 0 Å².